The molecular weight excluding hydrogens is 516 g/mol. The molecule has 2 aliphatic rings. The Kier molecular flexibility index (Phi) is 6.88. The Bertz CT molecular complexity index is 1700. The molecule has 0 radical (unpaired) electrons. The molecule has 1 saturated heterocycles. The Hall–Kier alpha value is -4.76. The lowest BCUT2D eigenvalue weighted by Gasteiger charge is -2.34. The molecule has 41 heavy (non-hydrogen) atoms. The van der Waals surface area contributed by atoms with Crippen LogP contribution in [-0.2, 0) is 22.7 Å². The van der Waals surface area contributed by atoms with Crippen molar-refractivity contribution in [2.75, 3.05) is 38.5 Å². The van der Waals surface area contributed by atoms with E-state index in [0.29, 0.717) is 29.7 Å². The zero-order chi connectivity index (χ0) is 28.7. The lowest BCUT2D eigenvalue weighted by Crippen LogP contribution is -2.47. The SMILES string of the molecule is C=C(C=O)CN1Cc2c(-c3ccc4[nH]nc(-c5cccc(CN6CCN(C(C)=O)CC6)c5)c4c3)ccc(N)c2C1=O. The molecule has 0 unspecified atom stereocenters. The first kappa shape index (κ1) is 26.5. The van der Waals surface area contributed by atoms with E-state index in [0.717, 1.165) is 71.6 Å². The van der Waals surface area contributed by atoms with Gasteiger partial charge in [-0.3, -0.25) is 24.4 Å². The summed E-state index contributed by atoms with van der Waals surface area (Å²) in [6, 6.07) is 18.3. The van der Waals surface area contributed by atoms with Gasteiger partial charge in [0, 0.05) is 74.9 Å². The summed E-state index contributed by atoms with van der Waals surface area (Å²) < 4.78 is 0. The van der Waals surface area contributed by atoms with Crippen molar-refractivity contribution in [3.63, 3.8) is 0 Å². The molecule has 9 nitrogen and oxygen atoms in total. The molecule has 208 valence electrons. The van der Waals surface area contributed by atoms with E-state index in [1.165, 1.54) is 5.56 Å². The average Bonchev–Trinajstić information content (AvgIpc) is 3.54. The van der Waals surface area contributed by atoms with Crippen molar-refractivity contribution in [1.29, 1.82) is 0 Å². The quantitative estimate of drug-likeness (QED) is 0.206. The van der Waals surface area contributed by atoms with Gasteiger partial charge in [-0.15, -0.1) is 0 Å². The minimum atomic E-state index is -0.188. The fraction of sp³-hybridized carbons (Fsp3) is 0.250. The van der Waals surface area contributed by atoms with E-state index in [4.69, 9.17) is 5.73 Å². The van der Waals surface area contributed by atoms with Gasteiger partial charge in [-0.05, 0) is 46.5 Å². The number of fused-ring (bicyclic) bond motifs is 2. The predicted octanol–water partition coefficient (Wildman–Crippen LogP) is 3.85. The molecule has 0 atom stereocenters. The fourth-order valence-corrected chi connectivity index (χ4v) is 5.88. The van der Waals surface area contributed by atoms with E-state index >= 15 is 0 Å². The summed E-state index contributed by atoms with van der Waals surface area (Å²) in [6.07, 6.45) is 0.679. The number of aldehydes is 1. The minimum absolute atomic E-state index is 0.132. The maximum Gasteiger partial charge on any atom is 0.256 e. The number of benzene rings is 3. The molecule has 3 heterocycles. The van der Waals surface area contributed by atoms with E-state index < -0.39 is 0 Å². The Balaban J connectivity index is 1.30. The lowest BCUT2D eigenvalue weighted by molar-refractivity contribution is -0.130. The summed E-state index contributed by atoms with van der Waals surface area (Å²) >= 11 is 0. The molecule has 1 fully saturated rings. The molecule has 2 aliphatic heterocycles. The number of anilines is 1. The van der Waals surface area contributed by atoms with Crippen LogP contribution in [0.15, 0.2) is 66.7 Å². The molecule has 0 saturated carbocycles. The Morgan fingerprint density at radius 1 is 1.07 bits per heavy atom. The standard InChI is InChI=1S/C32H32N6O3/c1-20(19-39)16-38-18-27-25(7-8-28(33)30(27)32(38)41)23-6-9-29-26(15-23)31(35-34-29)24-5-3-4-22(14-24)17-36-10-12-37(13-11-36)21(2)40/h3-9,14-15,19H,1,10-13,16-18,33H2,2H3,(H,34,35). The summed E-state index contributed by atoms with van der Waals surface area (Å²) in [4.78, 5) is 41.8. The van der Waals surface area contributed by atoms with Gasteiger partial charge in [-0.2, -0.15) is 5.10 Å². The first-order valence-electron chi connectivity index (χ1n) is 13.7. The number of amides is 2. The zero-order valence-electron chi connectivity index (χ0n) is 23.0. The number of carbonyl (C=O) groups is 3. The summed E-state index contributed by atoms with van der Waals surface area (Å²) in [7, 11) is 0. The minimum Gasteiger partial charge on any atom is -0.398 e. The van der Waals surface area contributed by atoms with Crippen molar-refractivity contribution in [1.82, 2.24) is 24.9 Å². The number of aromatic amines is 1. The first-order valence-corrected chi connectivity index (χ1v) is 13.7. The first-order chi connectivity index (χ1) is 19.8. The van der Waals surface area contributed by atoms with Gasteiger partial charge in [0.1, 0.15) is 6.29 Å². The highest BCUT2D eigenvalue weighted by atomic mass is 16.2. The van der Waals surface area contributed by atoms with Crippen molar-refractivity contribution in [2.24, 2.45) is 0 Å². The molecule has 3 N–H and O–H groups in total. The second kappa shape index (κ2) is 10.7. The van der Waals surface area contributed by atoms with E-state index in [2.05, 4.69) is 52.0 Å². The van der Waals surface area contributed by atoms with Gasteiger partial charge in [0.15, 0.2) is 0 Å². The van der Waals surface area contributed by atoms with E-state index in [-0.39, 0.29) is 18.4 Å². The molecule has 9 heteroatoms. The number of H-pyrrole nitrogens is 1. The maximum atomic E-state index is 13.1. The van der Waals surface area contributed by atoms with Gasteiger partial charge in [-0.1, -0.05) is 36.9 Å². The highest BCUT2D eigenvalue weighted by molar-refractivity contribution is 6.06. The Morgan fingerprint density at radius 2 is 1.88 bits per heavy atom. The van der Waals surface area contributed by atoms with Crippen molar-refractivity contribution in [2.45, 2.75) is 20.0 Å². The number of nitrogens with zero attached hydrogens (tertiary/aromatic N) is 4. The van der Waals surface area contributed by atoms with Crippen molar-refractivity contribution < 1.29 is 14.4 Å². The molecule has 2 amide bonds. The number of nitrogens with two attached hydrogens (primary N) is 1. The molecule has 3 aromatic carbocycles. The number of aromatic nitrogens is 2. The Labute approximate surface area is 238 Å². The van der Waals surface area contributed by atoms with Crippen LogP contribution in [0.2, 0.25) is 0 Å². The van der Waals surface area contributed by atoms with Crippen LogP contribution in [0.3, 0.4) is 0 Å². The number of hydrogen-bond donors (Lipinski definition) is 2. The smallest absolute Gasteiger partial charge is 0.256 e. The van der Waals surface area contributed by atoms with Crippen LogP contribution < -0.4 is 5.73 Å². The molecule has 6 rings (SSSR count). The largest absolute Gasteiger partial charge is 0.398 e. The number of nitrogen functional groups attached to an aromatic ring is 1. The zero-order valence-corrected chi connectivity index (χ0v) is 23.0. The van der Waals surface area contributed by atoms with Crippen LogP contribution >= 0.6 is 0 Å². The van der Waals surface area contributed by atoms with Gasteiger partial charge < -0.3 is 15.5 Å². The molecule has 0 bridgehead atoms. The highest BCUT2D eigenvalue weighted by Crippen LogP contribution is 2.38. The van der Waals surface area contributed by atoms with Crippen LogP contribution in [0, 0.1) is 0 Å². The van der Waals surface area contributed by atoms with Gasteiger partial charge >= 0.3 is 0 Å². The number of hydrogen-bond acceptors (Lipinski definition) is 6. The molecular formula is C32H32N6O3. The number of carbonyl (C=O) groups excluding carboxylic acids is 3. The second-order valence-electron chi connectivity index (χ2n) is 10.8. The predicted molar refractivity (Wildman–Crippen MR) is 159 cm³/mol. The number of piperazine rings is 1. The van der Waals surface area contributed by atoms with Gasteiger partial charge in [-0.25, -0.2) is 0 Å². The number of rotatable bonds is 7. The highest BCUT2D eigenvalue weighted by Gasteiger charge is 2.32. The maximum absolute atomic E-state index is 13.1. The third-order valence-corrected chi connectivity index (χ3v) is 8.05. The van der Waals surface area contributed by atoms with Crippen LogP contribution in [0.5, 0.6) is 0 Å². The summed E-state index contributed by atoms with van der Waals surface area (Å²) in [5.41, 5.74) is 14.2. The van der Waals surface area contributed by atoms with Crippen molar-refractivity contribution in [3.8, 4) is 22.4 Å². The molecule has 0 aliphatic carbocycles. The average molecular weight is 549 g/mol. The van der Waals surface area contributed by atoms with Gasteiger partial charge in [0.2, 0.25) is 5.91 Å². The Morgan fingerprint density at radius 3 is 2.63 bits per heavy atom. The fourth-order valence-electron chi connectivity index (χ4n) is 5.88. The van der Waals surface area contributed by atoms with E-state index in [1.54, 1.807) is 17.9 Å². The summed E-state index contributed by atoms with van der Waals surface area (Å²) in [5.74, 6) is -0.0555. The van der Waals surface area contributed by atoms with Gasteiger partial charge in [0.25, 0.3) is 5.91 Å². The summed E-state index contributed by atoms with van der Waals surface area (Å²) in [5, 5.41) is 8.81. The molecule has 0 spiro atoms. The van der Waals surface area contributed by atoms with Crippen molar-refractivity contribution >= 4 is 34.7 Å². The van der Waals surface area contributed by atoms with Crippen molar-refractivity contribution in [3.05, 3.63) is 83.4 Å². The van der Waals surface area contributed by atoms with E-state index in [1.807, 2.05) is 23.1 Å². The van der Waals surface area contributed by atoms with E-state index in [9.17, 15) is 14.4 Å². The van der Waals surface area contributed by atoms with Crippen LogP contribution in [0.25, 0.3) is 33.3 Å². The normalized spacial score (nSPS) is 15.4. The lowest BCUT2D eigenvalue weighted by atomic mass is 9.94. The second-order valence-corrected chi connectivity index (χ2v) is 10.8. The number of nitrogens with one attached hydrogen (secondary N) is 1. The third-order valence-electron chi connectivity index (χ3n) is 8.05. The van der Waals surface area contributed by atoms with Crippen LogP contribution in [-0.4, -0.2) is 75.7 Å². The molecule has 4 aromatic rings. The third kappa shape index (κ3) is 5.00. The topological polar surface area (TPSA) is 116 Å². The summed E-state index contributed by atoms with van der Waals surface area (Å²) in [6.45, 7) is 9.92. The van der Waals surface area contributed by atoms with Crippen LogP contribution in [0.4, 0.5) is 5.69 Å². The monoisotopic (exact) mass is 548 g/mol. The van der Waals surface area contributed by atoms with Gasteiger partial charge in [0.05, 0.1) is 16.8 Å². The van der Waals surface area contributed by atoms with Crippen LogP contribution in [0.1, 0.15) is 28.4 Å². The molecule has 1 aromatic heterocycles.